The van der Waals surface area contributed by atoms with Gasteiger partial charge in [0.25, 0.3) is 0 Å². The van der Waals surface area contributed by atoms with Gasteiger partial charge in [-0.05, 0) is 37.5 Å². The summed E-state index contributed by atoms with van der Waals surface area (Å²) < 4.78 is 39.9. The first-order chi connectivity index (χ1) is 13.7. The summed E-state index contributed by atoms with van der Waals surface area (Å²) in [6.45, 7) is 0.882. The van der Waals surface area contributed by atoms with Gasteiger partial charge in [-0.2, -0.15) is 5.10 Å². The third-order valence-corrected chi connectivity index (χ3v) is 5.29. The highest BCUT2D eigenvalue weighted by atomic mass is 19.1. The van der Waals surface area contributed by atoms with Crippen molar-refractivity contribution in [1.82, 2.24) is 15.1 Å². The van der Waals surface area contributed by atoms with Gasteiger partial charge in [0.15, 0.2) is 11.5 Å². The van der Waals surface area contributed by atoms with Crippen LogP contribution < -0.4 is 14.8 Å². The molecule has 2 heterocycles. The molecule has 1 aliphatic heterocycles. The molecule has 0 spiro atoms. The van der Waals surface area contributed by atoms with Crippen LogP contribution in [0, 0.1) is 11.6 Å². The lowest BCUT2D eigenvalue weighted by molar-refractivity contribution is 0.173. The van der Waals surface area contributed by atoms with E-state index < -0.39 is 11.6 Å². The molecule has 5 nitrogen and oxygen atoms in total. The summed E-state index contributed by atoms with van der Waals surface area (Å²) in [5.74, 6) is 0.344. The van der Waals surface area contributed by atoms with Crippen LogP contribution in [0.1, 0.15) is 35.7 Å². The number of aromatic nitrogens is 2. The van der Waals surface area contributed by atoms with E-state index in [2.05, 4.69) is 10.4 Å². The molecule has 0 amide bonds. The molecule has 1 atom stereocenters. The topological polar surface area (TPSA) is 48.3 Å². The number of ether oxygens (including phenoxy) is 2. The van der Waals surface area contributed by atoms with E-state index in [9.17, 15) is 8.78 Å². The zero-order valence-corrected chi connectivity index (χ0v) is 15.1. The molecule has 0 saturated carbocycles. The van der Waals surface area contributed by atoms with Gasteiger partial charge in [0.1, 0.15) is 11.6 Å². The molecule has 28 heavy (non-hydrogen) atoms. The molecule has 1 aromatic heterocycles. The van der Waals surface area contributed by atoms with Crippen molar-refractivity contribution in [2.45, 2.75) is 31.8 Å². The number of fused-ring (bicyclic) bond motifs is 2. The van der Waals surface area contributed by atoms with Crippen LogP contribution in [0.15, 0.2) is 42.6 Å². The van der Waals surface area contributed by atoms with Crippen molar-refractivity contribution < 1.29 is 18.3 Å². The Morgan fingerprint density at radius 2 is 2.00 bits per heavy atom. The van der Waals surface area contributed by atoms with Crippen LogP contribution in [0.25, 0.3) is 5.69 Å². The van der Waals surface area contributed by atoms with Gasteiger partial charge in [-0.1, -0.05) is 12.1 Å². The Morgan fingerprint density at radius 3 is 2.86 bits per heavy atom. The molecular formula is C21H19F2N3O2. The van der Waals surface area contributed by atoms with Gasteiger partial charge in [0, 0.05) is 35.5 Å². The summed E-state index contributed by atoms with van der Waals surface area (Å²) in [7, 11) is 0. The van der Waals surface area contributed by atoms with E-state index >= 15 is 0 Å². The Morgan fingerprint density at radius 1 is 1.14 bits per heavy atom. The SMILES string of the molecule is Fc1cc(F)cc(-n2ncc3c2CCCC3NCc2cccc3c2OCO3)c1. The van der Waals surface area contributed by atoms with Crippen molar-refractivity contribution in [3.63, 3.8) is 0 Å². The minimum Gasteiger partial charge on any atom is -0.454 e. The van der Waals surface area contributed by atoms with E-state index in [1.54, 1.807) is 10.9 Å². The summed E-state index contributed by atoms with van der Waals surface area (Å²) in [5.41, 5.74) is 3.51. The van der Waals surface area contributed by atoms with Crippen molar-refractivity contribution in [2.24, 2.45) is 0 Å². The molecule has 3 aromatic rings. The van der Waals surface area contributed by atoms with E-state index in [1.807, 2.05) is 18.2 Å². The van der Waals surface area contributed by atoms with Gasteiger partial charge in [-0.15, -0.1) is 0 Å². The van der Waals surface area contributed by atoms with Gasteiger partial charge >= 0.3 is 0 Å². The molecule has 144 valence electrons. The molecule has 1 N–H and O–H groups in total. The highest BCUT2D eigenvalue weighted by Crippen LogP contribution is 2.36. The van der Waals surface area contributed by atoms with E-state index in [4.69, 9.17) is 9.47 Å². The number of benzene rings is 2. The second-order valence-electron chi connectivity index (χ2n) is 7.06. The fourth-order valence-electron chi connectivity index (χ4n) is 4.02. The third kappa shape index (κ3) is 3.01. The zero-order chi connectivity index (χ0) is 19.1. The maximum Gasteiger partial charge on any atom is 0.231 e. The molecule has 1 aliphatic carbocycles. The lowest BCUT2D eigenvalue weighted by Crippen LogP contribution is -2.25. The molecule has 1 unspecified atom stereocenters. The predicted octanol–water partition coefficient (Wildman–Crippen LogP) is 4.05. The molecule has 2 aromatic carbocycles. The number of nitrogens with one attached hydrogen (secondary N) is 1. The number of rotatable bonds is 4. The van der Waals surface area contributed by atoms with Gasteiger partial charge in [-0.25, -0.2) is 13.5 Å². The second-order valence-corrected chi connectivity index (χ2v) is 7.06. The average Bonchev–Trinajstić information content (AvgIpc) is 3.32. The van der Waals surface area contributed by atoms with E-state index in [-0.39, 0.29) is 12.8 Å². The summed E-state index contributed by atoms with van der Waals surface area (Å²) >= 11 is 0. The summed E-state index contributed by atoms with van der Waals surface area (Å²) in [6.07, 6.45) is 4.57. The van der Waals surface area contributed by atoms with Crippen molar-refractivity contribution in [2.75, 3.05) is 6.79 Å². The smallest absolute Gasteiger partial charge is 0.231 e. The third-order valence-electron chi connectivity index (χ3n) is 5.29. The van der Waals surface area contributed by atoms with Crippen molar-refractivity contribution >= 4 is 0 Å². The Labute approximate surface area is 160 Å². The van der Waals surface area contributed by atoms with Gasteiger partial charge in [0.05, 0.1) is 11.9 Å². The maximum atomic E-state index is 13.6. The second kappa shape index (κ2) is 6.91. The molecule has 0 radical (unpaired) electrons. The van der Waals surface area contributed by atoms with Crippen LogP contribution in [0.3, 0.4) is 0 Å². The van der Waals surface area contributed by atoms with Crippen molar-refractivity contribution in [3.8, 4) is 17.2 Å². The van der Waals surface area contributed by atoms with E-state index in [0.717, 1.165) is 53.6 Å². The summed E-state index contributed by atoms with van der Waals surface area (Å²) in [5, 5.41) is 7.99. The quantitative estimate of drug-likeness (QED) is 0.739. The summed E-state index contributed by atoms with van der Waals surface area (Å²) in [6, 6.07) is 9.46. The normalized spacial score (nSPS) is 17.6. The Balaban J connectivity index is 1.40. The number of hydrogen-bond acceptors (Lipinski definition) is 4. The number of para-hydroxylation sites is 1. The minimum absolute atomic E-state index is 0.120. The molecule has 5 rings (SSSR count). The monoisotopic (exact) mass is 383 g/mol. The zero-order valence-electron chi connectivity index (χ0n) is 15.1. The van der Waals surface area contributed by atoms with E-state index in [0.29, 0.717) is 12.2 Å². The lowest BCUT2D eigenvalue weighted by atomic mass is 9.92. The van der Waals surface area contributed by atoms with Crippen LogP contribution >= 0.6 is 0 Å². The van der Waals surface area contributed by atoms with Crippen LogP contribution in [0.5, 0.6) is 11.5 Å². The van der Waals surface area contributed by atoms with Crippen LogP contribution in [0.2, 0.25) is 0 Å². The van der Waals surface area contributed by atoms with Crippen LogP contribution in [0.4, 0.5) is 8.78 Å². The summed E-state index contributed by atoms with van der Waals surface area (Å²) in [4.78, 5) is 0. The van der Waals surface area contributed by atoms with Crippen molar-refractivity contribution in [1.29, 1.82) is 0 Å². The van der Waals surface area contributed by atoms with Gasteiger partial charge in [-0.3, -0.25) is 0 Å². The minimum atomic E-state index is -0.607. The lowest BCUT2D eigenvalue weighted by Gasteiger charge is -2.24. The Hall–Kier alpha value is -2.93. The fourth-order valence-corrected chi connectivity index (χ4v) is 4.02. The molecule has 0 bridgehead atoms. The number of nitrogens with zero attached hydrogens (tertiary/aromatic N) is 2. The Kier molecular flexibility index (Phi) is 4.24. The molecule has 0 saturated heterocycles. The largest absolute Gasteiger partial charge is 0.454 e. The van der Waals surface area contributed by atoms with Gasteiger partial charge < -0.3 is 14.8 Å². The highest BCUT2D eigenvalue weighted by molar-refractivity contribution is 5.48. The highest BCUT2D eigenvalue weighted by Gasteiger charge is 2.26. The average molecular weight is 383 g/mol. The molecular weight excluding hydrogens is 364 g/mol. The number of hydrogen-bond donors (Lipinski definition) is 1. The first-order valence-corrected chi connectivity index (χ1v) is 9.33. The van der Waals surface area contributed by atoms with Crippen LogP contribution in [-0.4, -0.2) is 16.6 Å². The standard InChI is InChI=1S/C21H19F2N3O2/c22-14-7-15(23)9-16(8-14)26-19-5-2-4-18(17(19)11-25-26)24-10-13-3-1-6-20-21(13)28-12-27-20/h1,3,6-9,11,18,24H,2,4-5,10,12H2. The number of halogens is 2. The predicted molar refractivity (Wildman–Crippen MR) is 98.6 cm³/mol. The first-order valence-electron chi connectivity index (χ1n) is 9.33. The molecule has 0 fully saturated rings. The molecule has 7 heteroatoms. The fraction of sp³-hybridized carbons (Fsp3) is 0.286. The maximum absolute atomic E-state index is 13.6. The van der Waals surface area contributed by atoms with Crippen LogP contribution in [-0.2, 0) is 13.0 Å². The van der Waals surface area contributed by atoms with E-state index in [1.165, 1.54) is 12.1 Å². The van der Waals surface area contributed by atoms with Gasteiger partial charge in [0.2, 0.25) is 6.79 Å². The molecule has 2 aliphatic rings. The first kappa shape index (κ1) is 17.2. The Bertz CT molecular complexity index is 1010. The van der Waals surface area contributed by atoms with Crippen molar-refractivity contribution in [3.05, 3.63) is 71.1 Å².